The van der Waals surface area contributed by atoms with Crippen molar-refractivity contribution in [3.05, 3.63) is 188 Å². The molecule has 8 aromatic carbocycles. The molecule has 0 radical (unpaired) electrons. The first-order valence-electron chi connectivity index (χ1n) is 18.7. The second-order valence-corrected chi connectivity index (χ2v) is 14.3. The van der Waals surface area contributed by atoms with Crippen LogP contribution >= 0.6 is 0 Å². The summed E-state index contributed by atoms with van der Waals surface area (Å²) in [5.41, 5.74) is 10.8. The second-order valence-electron chi connectivity index (χ2n) is 14.3. The van der Waals surface area contributed by atoms with Gasteiger partial charge >= 0.3 is 0 Å². The maximum atomic E-state index is 5.52. The van der Waals surface area contributed by atoms with Crippen LogP contribution in [0, 0.1) is 0 Å². The Labute approximate surface area is 315 Å². The van der Waals surface area contributed by atoms with Crippen molar-refractivity contribution >= 4 is 76.2 Å². The molecule has 0 atom stereocenters. The largest absolute Gasteiger partial charge is 0.317 e. The highest BCUT2D eigenvalue weighted by Gasteiger charge is 2.21. The van der Waals surface area contributed by atoms with E-state index in [1.165, 1.54) is 43.2 Å². The molecule has 0 spiro atoms. The third kappa shape index (κ3) is 4.41. The molecule has 0 fully saturated rings. The minimum Gasteiger partial charge on any atom is -0.317 e. The summed E-state index contributed by atoms with van der Waals surface area (Å²) >= 11 is 0. The molecule has 0 unspecified atom stereocenters. The lowest BCUT2D eigenvalue weighted by atomic mass is 10.0. The Hall–Kier alpha value is -7.50. The lowest BCUT2D eigenvalue weighted by Crippen LogP contribution is -2.03. The summed E-state index contributed by atoms with van der Waals surface area (Å²) in [6.07, 6.45) is 2.18. The first kappa shape index (κ1) is 30.0. The molecule has 0 aliphatic heterocycles. The van der Waals surface area contributed by atoms with Crippen molar-refractivity contribution in [2.45, 2.75) is 0 Å². The van der Waals surface area contributed by atoms with E-state index in [9.17, 15) is 0 Å². The van der Waals surface area contributed by atoms with E-state index in [1.54, 1.807) is 0 Å². The van der Waals surface area contributed by atoms with Gasteiger partial charge in [0.25, 0.3) is 0 Å². The molecular formula is C50H31N5. The van der Waals surface area contributed by atoms with Gasteiger partial charge in [-0.25, -0.2) is 9.97 Å². The fourth-order valence-electron chi connectivity index (χ4n) is 8.81. The Morgan fingerprint density at radius 1 is 0.364 bits per heavy atom. The first-order valence-corrected chi connectivity index (χ1v) is 18.7. The normalized spacial score (nSPS) is 12.0. The standard InChI is InChI=1S/C50H31N5/c1-3-15-35(16-4-1)53-28-27-39-43(53)25-26-46-48(39)41-29-32-13-7-8-14-33(32)31-47(41)55(46)50-51-42-21-11-9-20-38(42)49(52-50)34-23-24-45-40(30-34)37-19-10-12-22-44(37)54(45)36-17-5-2-6-18-36/h1-31H. The molecule has 0 saturated heterocycles. The van der Waals surface area contributed by atoms with E-state index >= 15 is 0 Å². The SMILES string of the molecule is c1ccc(-n2ccc3c4c5cc6ccccc6cc5n(-c5nc(-c6ccc7c(c6)c6ccccc6n7-c6ccccc6)c6ccccc6n5)c4ccc32)cc1. The van der Waals surface area contributed by atoms with Gasteiger partial charge in [-0.2, -0.15) is 0 Å². The summed E-state index contributed by atoms with van der Waals surface area (Å²) in [5.74, 6) is 0.651. The van der Waals surface area contributed by atoms with E-state index in [0.29, 0.717) is 5.95 Å². The number of hydrogen-bond donors (Lipinski definition) is 0. The van der Waals surface area contributed by atoms with Crippen LogP contribution < -0.4 is 0 Å². The molecule has 5 nitrogen and oxygen atoms in total. The van der Waals surface area contributed by atoms with Crippen LogP contribution in [0.4, 0.5) is 0 Å². The van der Waals surface area contributed by atoms with Gasteiger partial charge < -0.3 is 9.13 Å². The zero-order valence-corrected chi connectivity index (χ0v) is 29.6. The smallest absolute Gasteiger partial charge is 0.235 e. The maximum Gasteiger partial charge on any atom is 0.235 e. The van der Waals surface area contributed by atoms with E-state index in [0.717, 1.165) is 55.6 Å². The number of para-hydroxylation sites is 4. The van der Waals surface area contributed by atoms with Crippen LogP contribution in [0.2, 0.25) is 0 Å². The van der Waals surface area contributed by atoms with Crippen molar-refractivity contribution in [1.29, 1.82) is 0 Å². The highest BCUT2D eigenvalue weighted by Crippen LogP contribution is 2.41. The van der Waals surface area contributed by atoms with Crippen LogP contribution in [-0.4, -0.2) is 23.7 Å². The molecule has 256 valence electrons. The van der Waals surface area contributed by atoms with E-state index in [2.05, 4.69) is 202 Å². The van der Waals surface area contributed by atoms with Crippen LogP contribution in [-0.2, 0) is 0 Å². The molecule has 0 N–H and O–H groups in total. The number of rotatable bonds is 4. The Balaban J connectivity index is 1.15. The van der Waals surface area contributed by atoms with Gasteiger partial charge in [-0.05, 0) is 89.6 Å². The fraction of sp³-hybridized carbons (Fsp3) is 0. The minimum absolute atomic E-state index is 0.651. The summed E-state index contributed by atoms with van der Waals surface area (Å²) in [4.78, 5) is 10.8. The molecule has 4 heterocycles. The summed E-state index contributed by atoms with van der Waals surface area (Å²) in [6.45, 7) is 0. The quantitative estimate of drug-likeness (QED) is 0.183. The number of fused-ring (bicyclic) bond motifs is 10. The highest BCUT2D eigenvalue weighted by atomic mass is 15.2. The molecular weight excluding hydrogens is 671 g/mol. The van der Waals surface area contributed by atoms with Gasteiger partial charge in [0.1, 0.15) is 0 Å². The van der Waals surface area contributed by atoms with E-state index in [-0.39, 0.29) is 0 Å². The van der Waals surface area contributed by atoms with Gasteiger partial charge in [0, 0.05) is 55.5 Å². The zero-order valence-electron chi connectivity index (χ0n) is 29.6. The topological polar surface area (TPSA) is 40.6 Å². The number of benzene rings is 8. The molecule has 55 heavy (non-hydrogen) atoms. The third-order valence-corrected chi connectivity index (χ3v) is 11.3. The van der Waals surface area contributed by atoms with Gasteiger partial charge in [-0.1, -0.05) is 103 Å². The first-order chi connectivity index (χ1) is 27.3. The van der Waals surface area contributed by atoms with Crippen molar-refractivity contribution in [3.8, 4) is 28.6 Å². The number of aromatic nitrogens is 5. The molecule has 0 saturated carbocycles. The van der Waals surface area contributed by atoms with Gasteiger partial charge in [-0.15, -0.1) is 0 Å². The van der Waals surface area contributed by atoms with Crippen molar-refractivity contribution in [2.75, 3.05) is 0 Å². The van der Waals surface area contributed by atoms with Crippen molar-refractivity contribution in [3.63, 3.8) is 0 Å². The average Bonchev–Trinajstić information content (AvgIpc) is 3.93. The molecule has 0 bridgehead atoms. The molecule has 0 aliphatic carbocycles. The summed E-state index contributed by atoms with van der Waals surface area (Å²) < 4.78 is 6.90. The second kappa shape index (κ2) is 11.5. The van der Waals surface area contributed by atoms with Crippen LogP contribution in [0.25, 0.3) is 105 Å². The lowest BCUT2D eigenvalue weighted by Gasteiger charge is -2.13. The Morgan fingerprint density at radius 3 is 1.85 bits per heavy atom. The summed E-state index contributed by atoms with van der Waals surface area (Å²) in [5, 5.41) is 9.37. The molecule has 0 amide bonds. The Bertz CT molecular complexity index is 3480. The minimum atomic E-state index is 0.651. The number of nitrogens with zero attached hydrogens (tertiary/aromatic N) is 5. The zero-order chi connectivity index (χ0) is 36.0. The summed E-state index contributed by atoms with van der Waals surface area (Å²) in [7, 11) is 0. The van der Waals surface area contributed by atoms with Gasteiger partial charge in [0.15, 0.2) is 0 Å². The fourth-order valence-corrected chi connectivity index (χ4v) is 8.81. The van der Waals surface area contributed by atoms with Crippen molar-refractivity contribution in [2.24, 2.45) is 0 Å². The van der Waals surface area contributed by atoms with E-state index in [4.69, 9.17) is 9.97 Å². The van der Waals surface area contributed by atoms with Crippen molar-refractivity contribution in [1.82, 2.24) is 23.7 Å². The monoisotopic (exact) mass is 701 g/mol. The van der Waals surface area contributed by atoms with Crippen molar-refractivity contribution < 1.29 is 0 Å². The number of hydrogen-bond acceptors (Lipinski definition) is 2. The molecule has 12 rings (SSSR count). The predicted octanol–water partition coefficient (Wildman–Crippen LogP) is 12.6. The summed E-state index contributed by atoms with van der Waals surface area (Å²) in [6, 6.07) is 64.9. The maximum absolute atomic E-state index is 5.52. The molecule has 12 aromatic rings. The van der Waals surface area contributed by atoms with Crippen LogP contribution in [0.15, 0.2) is 188 Å². The van der Waals surface area contributed by atoms with E-state index in [1.807, 2.05) is 0 Å². The highest BCUT2D eigenvalue weighted by molar-refractivity contribution is 6.23. The lowest BCUT2D eigenvalue weighted by molar-refractivity contribution is 1.01. The van der Waals surface area contributed by atoms with Gasteiger partial charge in [0.2, 0.25) is 5.95 Å². The average molecular weight is 702 g/mol. The Kier molecular flexibility index (Phi) is 6.27. The van der Waals surface area contributed by atoms with Crippen LogP contribution in [0.1, 0.15) is 0 Å². The third-order valence-electron chi connectivity index (χ3n) is 11.3. The predicted molar refractivity (Wildman–Crippen MR) is 228 cm³/mol. The molecule has 4 aromatic heterocycles. The molecule has 5 heteroatoms. The van der Waals surface area contributed by atoms with Crippen LogP contribution in [0.5, 0.6) is 0 Å². The van der Waals surface area contributed by atoms with E-state index < -0.39 is 0 Å². The molecule has 0 aliphatic rings. The van der Waals surface area contributed by atoms with Gasteiger partial charge in [0.05, 0.1) is 38.8 Å². The Morgan fingerprint density at radius 2 is 1.02 bits per heavy atom. The van der Waals surface area contributed by atoms with Crippen LogP contribution in [0.3, 0.4) is 0 Å². The van der Waals surface area contributed by atoms with Gasteiger partial charge in [-0.3, -0.25) is 4.57 Å².